The molecule has 0 heterocycles. The lowest BCUT2D eigenvalue weighted by Gasteiger charge is -2.27. The van der Waals surface area contributed by atoms with Gasteiger partial charge in [-0.05, 0) is 30.6 Å². The van der Waals surface area contributed by atoms with E-state index < -0.39 is 0 Å². The van der Waals surface area contributed by atoms with E-state index in [-0.39, 0.29) is 0 Å². The molecule has 0 aliphatic heterocycles. The highest BCUT2D eigenvalue weighted by Gasteiger charge is 2.19. The summed E-state index contributed by atoms with van der Waals surface area (Å²) in [4.78, 5) is 0. The summed E-state index contributed by atoms with van der Waals surface area (Å²) in [5.74, 6) is 0.766. The molecule has 0 saturated heterocycles. The molecular weight excluding hydrogens is 180 g/mol. The molecule has 15 heavy (non-hydrogen) atoms. The molecule has 0 heteroatoms. The molecule has 0 unspecified atom stereocenters. The molecule has 0 aliphatic rings. The van der Waals surface area contributed by atoms with Crippen LogP contribution < -0.4 is 0 Å². The molecule has 0 spiro atoms. The van der Waals surface area contributed by atoms with Crippen LogP contribution in [-0.4, -0.2) is 0 Å². The molecule has 0 N–H and O–H groups in total. The Labute approximate surface area is 97.2 Å². The highest BCUT2D eigenvalue weighted by Crippen LogP contribution is 2.30. The van der Waals surface area contributed by atoms with Gasteiger partial charge in [-0.25, -0.2) is 0 Å². The third-order valence-corrected chi connectivity index (χ3v) is 3.60. The van der Waals surface area contributed by atoms with Crippen LogP contribution in [0.15, 0.2) is 12.2 Å². The molecule has 90 valence electrons. The number of hydrogen-bond acceptors (Lipinski definition) is 0. The summed E-state index contributed by atoms with van der Waals surface area (Å²) >= 11 is 0. The molecule has 0 aromatic heterocycles. The Morgan fingerprint density at radius 3 is 2.20 bits per heavy atom. The Bertz CT molecular complexity index is 163. The van der Waals surface area contributed by atoms with Gasteiger partial charge in [-0.3, -0.25) is 0 Å². The molecule has 0 atom stereocenters. The van der Waals surface area contributed by atoms with Gasteiger partial charge in [-0.15, -0.1) is 0 Å². The van der Waals surface area contributed by atoms with Gasteiger partial charge in [-0.1, -0.05) is 66.0 Å². The largest absolute Gasteiger partial charge is 0.0885 e. The lowest BCUT2D eigenvalue weighted by Crippen LogP contribution is -2.17. The van der Waals surface area contributed by atoms with Crippen LogP contribution in [0.3, 0.4) is 0 Å². The van der Waals surface area contributed by atoms with Crippen LogP contribution in [0.2, 0.25) is 0 Å². The summed E-state index contributed by atoms with van der Waals surface area (Å²) in [7, 11) is 0. The maximum Gasteiger partial charge on any atom is -0.0297 e. The summed E-state index contributed by atoms with van der Waals surface area (Å²) in [5, 5.41) is 0. The summed E-state index contributed by atoms with van der Waals surface area (Å²) < 4.78 is 0. The minimum atomic E-state index is 0.458. The Kier molecular flexibility index (Phi) is 7.82. The van der Waals surface area contributed by atoms with E-state index in [1.807, 2.05) is 0 Å². The first-order valence-corrected chi connectivity index (χ1v) is 6.65. The van der Waals surface area contributed by atoms with Crippen molar-refractivity contribution in [2.24, 2.45) is 11.3 Å². The second kappa shape index (κ2) is 7.96. The van der Waals surface area contributed by atoms with Crippen LogP contribution in [-0.2, 0) is 0 Å². The minimum absolute atomic E-state index is 0.458. The number of rotatable bonds is 8. The van der Waals surface area contributed by atoms with Gasteiger partial charge in [0.05, 0.1) is 0 Å². The van der Waals surface area contributed by atoms with Crippen LogP contribution in [0, 0.1) is 11.3 Å². The molecule has 0 aromatic rings. The van der Waals surface area contributed by atoms with Crippen molar-refractivity contribution in [3.8, 4) is 0 Å². The van der Waals surface area contributed by atoms with Gasteiger partial charge in [0.1, 0.15) is 0 Å². The van der Waals surface area contributed by atoms with Crippen molar-refractivity contribution in [3.63, 3.8) is 0 Å². The van der Waals surface area contributed by atoms with Crippen LogP contribution in [0.1, 0.15) is 73.1 Å². The third-order valence-electron chi connectivity index (χ3n) is 3.60. The Morgan fingerprint density at radius 2 is 1.67 bits per heavy atom. The highest BCUT2D eigenvalue weighted by atomic mass is 14.2. The fourth-order valence-corrected chi connectivity index (χ4v) is 1.43. The number of allylic oxidation sites excluding steroid dienone is 2. The molecule has 0 fully saturated rings. The van der Waals surface area contributed by atoms with Gasteiger partial charge >= 0.3 is 0 Å². The zero-order chi connectivity index (χ0) is 11.7. The molecule has 0 radical (unpaired) electrons. The van der Waals surface area contributed by atoms with Crippen molar-refractivity contribution in [1.82, 2.24) is 0 Å². The van der Waals surface area contributed by atoms with E-state index in [1.165, 1.54) is 38.5 Å². The molecule has 0 aromatic carbocycles. The monoisotopic (exact) mass is 210 g/mol. The fraction of sp³-hybridized carbons (Fsp3) is 0.867. The van der Waals surface area contributed by atoms with Crippen molar-refractivity contribution >= 4 is 0 Å². The Balaban J connectivity index is 3.53. The summed E-state index contributed by atoms with van der Waals surface area (Å²) in [5.41, 5.74) is 0.458. The standard InChI is InChI=1S/C15H30/c1-6-7-8-9-10-11-12-13-15(4,5)14(2)3/h11-12,14H,6-10,13H2,1-5H3. The number of hydrogen-bond donors (Lipinski definition) is 0. The average Bonchev–Trinajstić information content (AvgIpc) is 2.16. The Hall–Kier alpha value is -0.260. The quantitative estimate of drug-likeness (QED) is 0.362. The molecule has 0 rings (SSSR count). The van der Waals surface area contributed by atoms with Gasteiger partial charge < -0.3 is 0 Å². The van der Waals surface area contributed by atoms with E-state index in [1.54, 1.807) is 0 Å². The molecule has 0 nitrogen and oxygen atoms in total. The summed E-state index contributed by atoms with van der Waals surface area (Å²) in [6, 6.07) is 0. The zero-order valence-electron chi connectivity index (χ0n) is 11.5. The van der Waals surface area contributed by atoms with Crippen molar-refractivity contribution in [1.29, 1.82) is 0 Å². The SMILES string of the molecule is CCCCCCC=CCC(C)(C)C(C)C. The summed E-state index contributed by atoms with van der Waals surface area (Å²) in [6.07, 6.45) is 12.7. The lowest BCUT2D eigenvalue weighted by molar-refractivity contribution is 0.253. The predicted octanol–water partition coefficient (Wildman–Crippen LogP) is 5.59. The third kappa shape index (κ3) is 7.64. The normalized spacial score (nSPS) is 12.9. The van der Waals surface area contributed by atoms with Crippen LogP contribution >= 0.6 is 0 Å². The molecular formula is C15H30. The van der Waals surface area contributed by atoms with Crippen molar-refractivity contribution in [2.45, 2.75) is 73.1 Å². The van der Waals surface area contributed by atoms with E-state index in [4.69, 9.17) is 0 Å². The first-order chi connectivity index (χ1) is 7.00. The molecule has 0 aliphatic carbocycles. The smallest absolute Gasteiger partial charge is 0.0297 e. The van der Waals surface area contributed by atoms with Crippen molar-refractivity contribution in [2.75, 3.05) is 0 Å². The van der Waals surface area contributed by atoms with Gasteiger partial charge in [0, 0.05) is 0 Å². The number of unbranched alkanes of at least 4 members (excludes halogenated alkanes) is 4. The zero-order valence-corrected chi connectivity index (χ0v) is 11.5. The minimum Gasteiger partial charge on any atom is -0.0885 e. The van der Waals surface area contributed by atoms with Gasteiger partial charge in [0.2, 0.25) is 0 Å². The molecule has 0 saturated carbocycles. The summed E-state index contributed by atoms with van der Waals surface area (Å²) in [6.45, 7) is 11.6. The second-order valence-electron chi connectivity index (χ2n) is 5.67. The van der Waals surface area contributed by atoms with E-state index in [0.29, 0.717) is 5.41 Å². The lowest BCUT2D eigenvalue weighted by atomic mass is 9.78. The van der Waals surface area contributed by atoms with Crippen molar-refractivity contribution < 1.29 is 0 Å². The fourth-order valence-electron chi connectivity index (χ4n) is 1.43. The topological polar surface area (TPSA) is 0 Å². The maximum absolute atomic E-state index is 2.38. The molecule has 0 bridgehead atoms. The van der Waals surface area contributed by atoms with Crippen LogP contribution in [0.4, 0.5) is 0 Å². The first kappa shape index (κ1) is 14.7. The van der Waals surface area contributed by atoms with Gasteiger partial charge in [-0.2, -0.15) is 0 Å². The van der Waals surface area contributed by atoms with Gasteiger partial charge in [0.15, 0.2) is 0 Å². The van der Waals surface area contributed by atoms with E-state index in [0.717, 1.165) is 5.92 Å². The van der Waals surface area contributed by atoms with E-state index >= 15 is 0 Å². The highest BCUT2D eigenvalue weighted by molar-refractivity contribution is 4.88. The molecule has 0 amide bonds. The van der Waals surface area contributed by atoms with Crippen LogP contribution in [0.5, 0.6) is 0 Å². The second-order valence-corrected chi connectivity index (χ2v) is 5.67. The van der Waals surface area contributed by atoms with Crippen LogP contribution in [0.25, 0.3) is 0 Å². The Morgan fingerprint density at radius 1 is 1.00 bits per heavy atom. The van der Waals surface area contributed by atoms with E-state index in [9.17, 15) is 0 Å². The average molecular weight is 210 g/mol. The van der Waals surface area contributed by atoms with E-state index in [2.05, 4.69) is 46.8 Å². The maximum atomic E-state index is 2.38. The van der Waals surface area contributed by atoms with Gasteiger partial charge in [0.25, 0.3) is 0 Å². The first-order valence-electron chi connectivity index (χ1n) is 6.65. The van der Waals surface area contributed by atoms with Crippen molar-refractivity contribution in [3.05, 3.63) is 12.2 Å². The predicted molar refractivity (Wildman–Crippen MR) is 71.1 cm³/mol.